The molecule has 0 aromatic heterocycles. The van der Waals surface area contributed by atoms with Gasteiger partial charge in [-0.25, -0.2) is 0 Å². The Balaban J connectivity index is 2.63. The molecule has 14 heavy (non-hydrogen) atoms. The SMILES string of the molecule is CCCc1ccc(NC(=O)C=O)cc1. The van der Waals surface area contributed by atoms with Crippen LogP contribution in [0, 0.1) is 0 Å². The van der Waals surface area contributed by atoms with Gasteiger partial charge >= 0.3 is 0 Å². The zero-order valence-corrected chi connectivity index (χ0v) is 8.12. The third-order valence-corrected chi connectivity index (χ3v) is 1.87. The summed E-state index contributed by atoms with van der Waals surface area (Å²) in [6, 6.07) is 7.49. The Hall–Kier alpha value is -1.64. The number of amides is 1. The van der Waals surface area contributed by atoms with Gasteiger partial charge in [-0.15, -0.1) is 0 Å². The van der Waals surface area contributed by atoms with E-state index in [9.17, 15) is 9.59 Å². The van der Waals surface area contributed by atoms with Gasteiger partial charge in [0.1, 0.15) is 0 Å². The van der Waals surface area contributed by atoms with E-state index in [0.29, 0.717) is 5.69 Å². The van der Waals surface area contributed by atoms with Gasteiger partial charge in [0.2, 0.25) is 6.29 Å². The van der Waals surface area contributed by atoms with Crippen LogP contribution in [-0.2, 0) is 16.0 Å². The molecule has 0 radical (unpaired) electrons. The summed E-state index contributed by atoms with van der Waals surface area (Å²) in [6.45, 7) is 2.11. The lowest BCUT2D eigenvalue weighted by Crippen LogP contribution is -2.11. The van der Waals surface area contributed by atoms with Crippen LogP contribution in [-0.4, -0.2) is 12.2 Å². The quantitative estimate of drug-likeness (QED) is 0.582. The number of carbonyl (C=O) groups excluding carboxylic acids is 2. The Morgan fingerprint density at radius 1 is 1.36 bits per heavy atom. The van der Waals surface area contributed by atoms with Crippen molar-refractivity contribution in [1.82, 2.24) is 0 Å². The average molecular weight is 191 g/mol. The minimum absolute atomic E-state index is 0.264. The van der Waals surface area contributed by atoms with Gasteiger partial charge < -0.3 is 5.32 Å². The highest BCUT2D eigenvalue weighted by molar-refractivity contribution is 6.29. The fourth-order valence-electron chi connectivity index (χ4n) is 1.22. The first kappa shape index (κ1) is 10.4. The minimum Gasteiger partial charge on any atom is -0.320 e. The lowest BCUT2D eigenvalue weighted by atomic mass is 10.1. The number of hydrogen-bond acceptors (Lipinski definition) is 2. The van der Waals surface area contributed by atoms with Crippen LogP contribution in [0.3, 0.4) is 0 Å². The number of benzene rings is 1. The fraction of sp³-hybridized carbons (Fsp3) is 0.273. The van der Waals surface area contributed by atoms with Gasteiger partial charge in [0.25, 0.3) is 5.91 Å². The number of carbonyl (C=O) groups is 2. The second-order valence-corrected chi connectivity index (χ2v) is 3.05. The first-order valence-electron chi connectivity index (χ1n) is 4.61. The summed E-state index contributed by atoms with van der Waals surface area (Å²) in [7, 11) is 0. The van der Waals surface area contributed by atoms with Crippen molar-refractivity contribution in [2.24, 2.45) is 0 Å². The van der Waals surface area contributed by atoms with Crippen LogP contribution in [0.15, 0.2) is 24.3 Å². The third kappa shape index (κ3) is 3.01. The number of aryl methyl sites for hydroxylation is 1. The van der Waals surface area contributed by atoms with E-state index < -0.39 is 5.91 Å². The summed E-state index contributed by atoms with van der Waals surface area (Å²) in [5, 5.41) is 2.45. The molecule has 0 aliphatic carbocycles. The molecular weight excluding hydrogens is 178 g/mol. The van der Waals surface area contributed by atoms with Crippen LogP contribution in [0.1, 0.15) is 18.9 Å². The minimum atomic E-state index is -0.617. The van der Waals surface area contributed by atoms with Gasteiger partial charge in [0.05, 0.1) is 0 Å². The zero-order chi connectivity index (χ0) is 10.4. The maximum absolute atomic E-state index is 10.7. The maximum Gasteiger partial charge on any atom is 0.288 e. The molecule has 1 N–H and O–H groups in total. The normalized spacial score (nSPS) is 9.50. The molecule has 0 aliphatic rings. The molecule has 0 unspecified atom stereocenters. The Morgan fingerprint density at radius 3 is 2.50 bits per heavy atom. The molecule has 0 heterocycles. The Morgan fingerprint density at radius 2 is 2.00 bits per heavy atom. The number of nitrogens with one attached hydrogen (secondary N) is 1. The first-order chi connectivity index (χ1) is 6.76. The Kier molecular flexibility index (Phi) is 3.85. The lowest BCUT2D eigenvalue weighted by molar-refractivity contribution is -0.127. The van der Waals surface area contributed by atoms with Crippen LogP contribution in [0.25, 0.3) is 0 Å². The maximum atomic E-state index is 10.7. The van der Waals surface area contributed by atoms with Crippen molar-refractivity contribution < 1.29 is 9.59 Å². The van der Waals surface area contributed by atoms with Gasteiger partial charge in [0, 0.05) is 5.69 Å². The topological polar surface area (TPSA) is 46.2 Å². The van der Waals surface area contributed by atoms with E-state index in [1.54, 1.807) is 12.1 Å². The highest BCUT2D eigenvalue weighted by Crippen LogP contribution is 2.10. The summed E-state index contributed by atoms with van der Waals surface area (Å²) in [5.41, 5.74) is 1.89. The van der Waals surface area contributed by atoms with Crippen molar-refractivity contribution in [1.29, 1.82) is 0 Å². The highest BCUT2D eigenvalue weighted by atomic mass is 16.2. The van der Waals surface area contributed by atoms with Crippen molar-refractivity contribution in [3.63, 3.8) is 0 Å². The molecule has 0 aliphatic heterocycles. The van der Waals surface area contributed by atoms with E-state index in [-0.39, 0.29) is 6.29 Å². The van der Waals surface area contributed by atoms with Crippen molar-refractivity contribution in [2.45, 2.75) is 19.8 Å². The van der Waals surface area contributed by atoms with E-state index in [0.717, 1.165) is 12.8 Å². The number of hydrogen-bond donors (Lipinski definition) is 1. The van der Waals surface area contributed by atoms with Gasteiger partial charge in [-0.05, 0) is 24.1 Å². The smallest absolute Gasteiger partial charge is 0.288 e. The zero-order valence-electron chi connectivity index (χ0n) is 8.12. The molecule has 0 atom stereocenters. The van der Waals surface area contributed by atoms with Crippen molar-refractivity contribution in [3.05, 3.63) is 29.8 Å². The number of rotatable bonds is 4. The number of anilines is 1. The predicted octanol–water partition coefficient (Wildman–Crippen LogP) is 1.78. The van der Waals surface area contributed by atoms with Crippen molar-refractivity contribution in [3.8, 4) is 0 Å². The van der Waals surface area contributed by atoms with E-state index in [4.69, 9.17) is 0 Å². The largest absolute Gasteiger partial charge is 0.320 e. The van der Waals surface area contributed by atoms with E-state index >= 15 is 0 Å². The first-order valence-corrected chi connectivity index (χ1v) is 4.61. The van der Waals surface area contributed by atoms with E-state index in [1.165, 1.54) is 5.56 Å². The van der Waals surface area contributed by atoms with Crippen LogP contribution in [0.4, 0.5) is 5.69 Å². The molecule has 0 bridgehead atoms. The van der Waals surface area contributed by atoms with Gasteiger partial charge in [-0.3, -0.25) is 9.59 Å². The second kappa shape index (κ2) is 5.17. The highest BCUT2D eigenvalue weighted by Gasteiger charge is 1.98. The second-order valence-electron chi connectivity index (χ2n) is 3.05. The molecule has 0 saturated heterocycles. The molecule has 1 aromatic rings. The van der Waals surface area contributed by atoms with Crippen molar-refractivity contribution in [2.75, 3.05) is 5.32 Å². The monoisotopic (exact) mass is 191 g/mol. The third-order valence-electron chi connectivity index (χ3n) is 1.87. The summed E-state index contributed by atoms with van der Waals surface area (Å²) < 4.78 is 0. The summed E-state index contributed by atoms with van der Waals surface area (Å²) in [4.78, 5) is 20.8. The summed E-state index contributed by atoms with van der Waals surface area (Å²) >= 11 is 0. The van der Waals surface area contributed by atoms with Crippen LogP contribution < -0.4 is 5.32 Å². The van der Waals surface area contributed by atoms with Gasteiger partial charge in [-0.2, -0.15) is 0 Å². The standard InChI is InChI=1S/C11H13NO2/c1-2-3-9-4-6-10(7-5-9)12-11(14)8-13/h4-8H,2-3H2,1H3,(H,12,14). The van der Waals surface area contributed by atoms with Crippen LogP contribution in [0.5, 0.6) is 0 Å². The van der Waals surface area contributed by atoms with E-state index in [2.05, 4.69) is 12.2 Å². The molecule has 1 amide bonds. The average Bonchev–Trinajstić information content (AvgIpc) is 2.21. The van der Waals surface area contributed by atoms with Crippen LogP contribution in [0.2, 0.25) is 0 Å². The molecule has 74 valence electrons. The fourth-order valence-corrected chi connectivity index (χ4v) is 1.22. The Labute approximate surface area is 83.1 Å². The molecule has 0 fully saturated rings. The molecule has 0 spiro atoms. The molecule has 0 saturated carbocycles. The molecular formula is C11H13NO2. The molecule has 1 aromatic carbocycles. The molecule has 1 rings (SSSR count). The lowest BCUT2D eigenvalue weighted by Gasteiger charge is -2.02. The summed E-state index contributed by atoms with van der Waals surface area (Å²) in [5.74, 6) is -0.617. The van der Waals surface area contributed by atoms with Gasteiger partial charge in [0.15, 0.2) is 0 Å². The van der Waals surface area contributed by atoms with E-state index in [1.807, 2.05) is 12.1 Å². The molecule has 3 heteroatoms. The summed E-state index contributed by atoms with van der Waals surface area (Å²) in [6.07, 6.45) is 2.39. The Bertz CT molecular complexity index is 317. The molecule has 3 nitrogen and oxygen atoms in total. The number of aldehydes is 1. The van der Waals surface area contributed by atoms with Gasteiger partial charge in [-0.1, -0.05) is 25.5 Å². The van der Waals surface area contributed by atoms with Crippen LogP contribution >= 0.6 is 0 Å². The van der Waals surface area contributed by atoms with Crippen molar-refractivity contribution >= 4 is 17.9 Å². The predicted molar refractivity (Wildman–Crippen MR) is 55.1 cm³/mol.